The summed E-state index contributed by atoms with van der Waals surface area (Å²) in [6.45, 7) is 2.89. The molecule has 29 heavy (non-hydrogen) atoms. The molecule has 0 N–H and O–H groups in total. The highest BCUT2D eigenvalue weighted by molar-refractivity contribution is 7.17. The minimum Gasteiger partial charge on any atom is -1.00 e. The Morgan fingerprint density at radius 1 is 1.10 bits per heavy atom. The molecule has 0 saturated heterocycles. The van der Waals surface area contributed by atoms with E-state index in [4.69, 9.17) is 0 Å². The van der Waals surface area contributed by atoms with Crippen molar-refractivity contribution in [1.29, 1.82) is 0 Å². The fourth-order valence-corrected chi connectivity index (χ4v) is 4.04. The van der Waals surface area contributed by atoms with Crippen molar-refractivity contribution in [3.63, 3.8) is 0 Å². The molecule has 0 fully saturated rings. The standard InChI is InChI=1S/C20H18N5O2S.ClH/c1-3-24-16-12-8-7-11-15(16)18(19(24)14-9-5-4-6-10-14)21-22-20-23(2)13-17(28-20)25(26)27;/h4-13H,3H2,1-2H3;1H/q+1;/p-1. The summed E-state index contributed by atoms with van der Waals surface area (Å²) in [5.41, 5.74) is 3.89. The molecule has 0 unspecified atom stereocenters. The van der Waals surface area contributed by atoms with Gasteiger partial charge in [0.1, 0.15) is 5.69 Å². The molecule has 0 aliphatic carbocycles. The van der Waals surface area contributed by atoms with Crippen molar-refractivity contribution in [2.45, 2.75) is 13.5 Å². The van der Waals surface area contributed by atoms with Gasteiger partial charge in [-0.05, 0) is 18.1 Å². The number of hydrogen-bond acceptors (Lipinski definition) is 5. The maximum Gasteiger partial charge on any atom is 0.414 e. The number of azo groups is 1. The van der Waals surface area contributed by atoms with Crippen LogP contribution in [0.4, 0.5) is 15.8 Å². The summed E-state index contributed by atoms with van der Waals surface area (Å²) in [6.07, 6.45) is 1.45. The first-order valence-corrected chi connectivity index (χ1v) is 9.64. The fraction of sp³-hybridized carbons (Fsp3) is 0.150. The number of rotatable bonds is 5. The highest BCUT2D eigenvalue weighted by Gasteiger charge is 2.23. The number of nitrogens with zero attached hydrogens (tertiary/aromatic N) is 5. The Hall–Kier alpha value is -3.10. The van der Waals surface area contributed by atoms with Gasteiger partial charge in [0.25, 0.3) is 0 Å². The van der Waals surface area contributed by atoms with Crippen molar-refractivity contribution in [1.82, 2.24) is 4.57 Å². The second kappa shape index (κ2) is 8.50. The Labute approximate surface area is 177 Å². The fourth-order valence-electron chi connectivity index (χ4n) is 3.28. The maximum atomic E-state index is 11.0. The molecule has 4 aromatic rings. The van der Waals surface area contributed by atoms with E-state index in [1.54, 1.807) is 11.6 Å². The number of para-hydroxylation sites is 1. The van der Waals surface area contributed by atoms with Crippen molar-refractivity contribution < 1.29 is 21.9 Å². The summed E-state index contributed by atoms with van der Waals surface area (Å²) in [5.74, 6) is 0. The second-order valence-corrected chi connectivity index (χ2v) is 7.23. The van der Waals surface area contributed by atoms with Crippen molar-refractivity contribution in [2.75, 3.05) is 0 Å². The van der Waals surface area contributed by atoms with Crippen molar-refractivity contribution in [3.8, 4) is 11.3 Å². The van der Waals surface area contributed by atoms with Crippen LogP contribution in [0.3, 0.4) is 0 Å². The molecule has 4 rings (SSSR count). The van der Waals surface area contributed by atoms with E-state index in [0.29, 0.717) is 5.13 Å². The third-order valence-corrected chi connectivity index (χ3v) is 5.54. The van der Waals surface area contributed by atoms with Gasteiger partial charge in [0.05, 0.1) is 28.3 Å². The van der Waals surface area contributed by atoms with Gasteiger partial charge in [-0.2, -0.15) is 0 Å². The normalized spacial score (nSPS) is 11.1. The third-order valence-electron chi connectivity index (χ3n) is 4.52. The molecule has 2 aromatic carbocycles. The molecule has 2 heterocycles. The third kappa shape index (κ3) is 3.76. The topological polar surface area (TPSA) is 76.7 Å². The molecule has 0 saturated carbocycles. The Morgan fingerprint density at radius 2 is 1.79 bits per heavy atom. The van der Waals surface area contributed by atoms with Crippen LogP contribution in [0, 0.1) is 10.1 Å². The quantitative estimate of drug-likeness (QED) is 0.212. The lowest BCUT2D eigenvalue weighted by molar-refractivity contribution is -0.656. The van der Waals surface area contributed by atoms with Gasteiger partial charge in [0.15, 0.2) is 6.20 Å². The predicted octanol–water partition coefficient (Wildman–Crippen LogP) is 2.54. The van der Waals surface area contributed by atoms with Crippen LogP contribution in [0.25, 0.3) is 22.2 Å². The van der Waals surface area contributed by atoms with E-state index >= 15 is 0 Å². The van der Waals surface area contributed by atoms with Crippen LogP contribution in [0.5, 0.6) is 0 Å². The van der Waals surface area contributed by atoms with Crippen LogP contribution in [0.2, 0.25) is 0 Å². The van der Waals surface area contributed by atoms with Gasteiger partial charge >= 0.3 is 10.1 Å². The van der Waals surface area contributed by atoms with Crippen LogP contribution >= 0.6 is 11.3 Å². The van der Waals surface area contributed by atoms with Gasteiger partial charge in [-0.3, -0.25) is 10.1 Å². The highest BCUT2D eigenvalue weighted by Crippen LogP contribution is 2.41. The zero-order chi connectivity index (χ0) is 19.7. The first-order chi connectivity index (χ1) is 13.6. The average Bonchev–Trinajstić information content (AvgIpc) is 3.24. The van der Waals surface area contributed by atoms with E-state index in [-0.39, 0.29) is 17.4 Å². The van der Waals surface area contributed by atoms with Crippen LogP contribution in [0.1, 0.15) is 6.92 Å². The first-order valence-electron chi connectivity index (χ1n) is 8.82. The van der Waals surface area contributed by atoms with Crippen molar-refractivity contribution in [2.24, 2.45) is 17.3 Å². The average molecular weight is 428 g/mol. The Bertz CT molecular complexity index is 1200. The summed E-state index contributed by atoms with van der Waals surface area (Å²) in [4.78, 5) is 10.6. The number of nitro groups is 1. The molecule has 0 radical (unpaired) electrons. The number of thiazole rings is 1. The zero-order valence-corrected chi connectivity index (χ0v) is 17.4. The van der Waals surface area contributed by atoms with Gasteiger partial charge in [0, 0.05) is 28.8 Å². The minimum atomic E-state index is -0.415. The summed E-state index contributed by atoms with van der Waals surface area (Å²) in [7, 11) is 1.73. The molecule has 148 valence electrons. The van der Waals surface area contributed by atoms with Gasteiger partial charge in [-0.25, -0.2) is 4.57 Å². The maximum absolute atomic E-state index is 11.0. The number of halogens is 1. The molecule has 0 spiro atoms. The molecule has 2 aromatic heterocycles. The molecule has 9 heteroatoms. The lowest BCUT2D eigenvalue weighted by atomic mass is 10.1. The highest BCUT2D eigenvalue weighted by atomic mass is 35.5. The van der Waals surface area contributed by atoms with E-state index in [0.717, 1.165) is 45.7 Å². The summed E-state index contributed by atoms with van der Waals surface area (Å²) < 4.78 is 3.84. The van der Waals surface area contributed by atoms with E-state index in [9.17, 15) is 10.1 Å². The predicted molar refractivity (Wildman–Crippen MR) is 109 cm³/mol. The van der Waals surface area contributed by atoms with E-state index in [1.807, 2.05) is 36.4 Å². The molecule has 0 bridgehead atoms. The number of fused-ring (bicyclic) bond motifs is 1. The Balaban J connectivity index is 0.00000240. The zero-order valence-electron chi connectivity index (χ0n) is 15.8. The molecule has 0 aliphatic rings. The van der Waals surface area contributed by atoms with Gasteiger partial charge in [0.2, 0.25) is 0 Å². The van der Waals surface area contributed by atoms with Crippen LogP contribution < -0.4 is 17.0 Å². The lowest BCUT2D eigenvalue weighted by Gasteiger charge is -2.08. The second-order valence-electron chi connectivity index (χ2n) is 6.24. The molecular weight excluding hydrogens is 410 g/mol. The molecule has 0 aliphatic heterocycles. The van der Waals surface area contributed by atoms with E-state index in [2.05, 4.69) is 39.9 Å². The van der Waals surface area contributed by atoms with E-state index < -0.39 is 4.92 Å². The smallest absolute Gasteiger partial charge is 0.414 e. The van der Waals surface area contributed by atoms with Crippen LogP contribution in [-0.2, 0) is 13.6 Å². The van der Waals surface area contributed by atoms with Crippen LogP contribution in [0.15, 0.2) is 71.0 Å². The summed E-state index contributed by atoms with van der Waals surface area (Å²) in [5, 5.41) is 21.4. The van der Waals surface area contributed by atoms with E-state index in [1.165, 1.54) is 6.20 Å². The molecule has 7 nitrogen and oxygen atoms in total. The van der Waals surface area contributed by atoms with Gasteiger partial charge in [-0.1, -0.05) is 48.5 Å². The van der Waals surface area contributed by atoms with Crippen molar-refractivity contribution >= 4 is 38.1 Å². The summed E-state index contributed by atoms with van der Waals surface area (Å²) in [6, 6.07) is 18.2. The van der Waals surface area contributed by atoms with Gasteiger partial charge < -0.3 is 17.0 Å². The Morgan fingerprint density at radius 3 is 2.45 bits per heavy atom. The lowest BCUT2D eigenvalue weighted by Crippen LogP contribution is -3.00. The largest absolute Gasteiger partial charge is 1.00 e. The Kier molecular flexibility index (Phi) is 6.05. The minimum absolute atomic E-state index is 0. The first kappa shape index (κ1) is 20.6. The molecular formula is C20H18ClN5O2S. The SMILES string of the molecule is CCn1c(-c2ccccc2)c(N=Nc2sc([N+](=O)[O-])c[n+]2C)c2ccccc21.[Cl-]. The van der Waals surface area contributed by atoms with Crippen molar-refractivity contribution in [3.05, 3.63) is 70.9 Å². The van der Waals surface area contributed by atoms with Crippen LogP contribution in [-0.4, -0.2) is 9.49 Å². The number of benzene rings is 2. The number of aromatic nitrogens is 2. The molecule has 0 atom stereocenters. The monoisotopic (exact) mass is 427 g/mol. The number of aryl methyl sites for hydroxylation is 2. The summed E-state index contributed by atoms with van der Waals surface area (Å²) >= 11 is 1.00. The number of hydrogen-bond donors (Lipinski definition) is 0. The van der Waals surface area contributed by atoms with Gasteiger partial charge in [-0.15, -0.1) is 0 Å². The molecule has 0 amide bonds.